The Hall–Kier alpha value is -0.910. The van der Waals surface area contributed by atoms with Gasteiger partial charge in [0.2, 0.25) is 10.0 Å². The molecule has 18 heavy (non-hydrogen) atoms. The van der Waals surface area contributed by atoms with Gasteiger partial charge in [0.05, 0.1) is 4.90 Å². The van der Waals surface area contributed by atoms with Gasteiger partial charge >= 0.3 is 0 Å². The molecule has 0 aromatic heterocycles. The topological polar surface area (TPSA) is 58.2 Å². The lowest BCUT2D eigenvalue weighted by Crippen LogP contribution is -2.39. The number of rotatable bonds is 3. The molecular weight excluding hydrogens is 248 g/mol. The first-order valence-corrected chi connectivity index (χ1v) is 7.69. The first-order valence-electron chi connectivity index (χ1n) is 6.20. The summed E-state index contributed by atoms with van der Waals surface area (Å²) in [4.78, 5) is 0.352. The first-order chi connectivity index (χ1) is 8.40. The van der Waals surface area contributed by atoms with E-state index in [9.17, 15) is 8.42 Å². The zero-order valence-corrected chi connectivity index (χ0v) is 11.8. The van der Waals surface area contributed by atoms with Crippen LogP contribution in [0.3, 0.4) is 0 Å². The van der Waals surface area contributed by atoms with E-state index >= 15 is 0 Å². The van der Waals surface area contributed by atoms with Crippen molar-refractivity contribution in [3.8, 4) is 0 Å². The Morgan fingerprint density at radius 3 is 2.50 bits per heavy atom. The van der Waals surface area contributed by atoms with Crippen LogP contribution in [0.1, 0.15) is 18.1 Å². The van der Waals surface area contributed by atoms with Crippen LogP contribution in [0.25, 0.3) is 0 Å². The fourth-order valence-corrected chi connectivity index (χ4v) is 3.55. The zero-order valence-electron chi connectivity index (χ0n) is 11.0. The standard InChI is InChI=1S/C13H20N2O2S/c1-9-4-5-12(6-10(9)2)18(16,17)15-13-8-14-7-11(13)3/h4-6,11,13-15H,7-8H2,1-3H3. The molecule has 0 aliphatic carbocycles. The summed E-state index contributed by atoms with van der Waals surface area (Å²) < 4.78 is 27.3. The Morgan fingerprint density at radius 1 is 1.22 bits per heavy atom. The molecule has 1 aliphatic rings. The number of aryl methyl sites for hydroxylation is 2. The molecule has 1 aromatic carbocycles. The zero-order chi connectivity index (χ0) is 13.3. The average molecular weight is 268 g/mol. The number of benzene rings is 1. The number of nitrogens with one attached hydrogen (secondary N) is 2. The van der Waals surface area contributed by atoms with E-state index in [0.29, 0.717) is 17.4 Å². The van der Waals surface area contributed by atoms with Crippen molar-refractivity contribution in [3.63, 3.8) is 0 Å². The van der Waals surface area contributed by atoms with Gasteiger partial charge in [-0.05, 0) is 49.6 Å². The largest absolute Gasteiger partial charge is 0.315 e. The lowest BCUT2D eigenvalue weighted by atomic mass is 10.1. The van der Waals surface area contributed by atoms with Gasteiger partial charge in [-0.1, -0.05) is 13.0 Å². The molecule has 4 nitrogen and oxygen atoms in total. The van der Waals surface area contributed by atoms with Gasteiger partial charge in [-0.15, -0.1) is 0 Å². The summed E-state index contributed by atoms with van der Waals surface area (Å²) in [5.41, 5.74) is 2.10. The molecule has 1 heterocycles. The van der Waals surface area contributed by atoms with Crippen LogP contribution < -0.4 is 10.0 Å². The van der Waals surface area contributed by atoms with E-state index in [0.717, 1.165) is 17.7 Å². The van der Waals surface area contributed by atoms with Crippen molar-refractivity contribution in [1.82, 2.24) is 10.0 Å². The molecule has 0 bridgehead atoms. The first kappa shape index (κ1) is 13.5. The Morgan fingerprint density at radius 2 is 1.94 bits per heavy atom. The molecule has 2 rings (SSSR count). The number of hydrogen-bond donors (Lipinski definition) is 2. The Balaban J connectivity index is 2.22. The maximum atomic E-state index is 12.3. The van der Waals surface area contributed by atoms with Gasteiger partial charge in [-0.25, -0.2) is 13.1 Å². The van der Waals surface area contributed by atoms with E-state index in [4.69, 9.17) is 0 Å². The Bertz CT molecular complexity index is 540. The average Bonchev–Trinajstić information content (AvgIpc) is 2.67. The lowest BCUT2D eigenvalue weighted by Gasteiger charge is -2.16. The highest BCUT2D eigenvalue weighted by Crippen LogP contribution is 2.17. The smallest absolute Gasteiger partial charge is 0.240 e. The Kier molecular flexibility index (Phi) is 3.75. The van der Waals surface area contributed by atoms with E-state index in [2.05, 4.69) is 10.0 Å². The summed E-state index contributed by atoms with van der Waals surface area (Å²) >= 11 is 0. The normalized spacial score (nSPS) is 24.4. The van der Waals surface area contributed by atoms with Crippen LogP contribution in [0.5, 0.6) is 0 Å². The third-order valence-electron chi connectivity index (χ3n) is 3.61. The number of hydrogen-bond acceptors (Lipinski definition) is 3. The quantitative estimate of drug-likeness (QED) is 0.866. The van der Waals surface area contributed by atoms with Crippen molar-refractivity contribution < 1.29 is 8.42 Å². The minimum Gasteiger partial charge on any atom is -0.315 e. The van der Waals surface area contributed by atoms with E-state index in [1.165, 1.54) is 0 Å². The van der Waals surface area contributed by atoms with Crippen molar-refractivity contribution in [2.45, 2.75) is 31.7 Å². The maximum absolute atomic E-state index is 12.3. The molecule has 1 aliphatic heterocycles. The summed E-state index contributed by atoms with van der Waals surface area (Å²) in [7, 11) is -3.41. The molecule has 1 fully saturated rings. The highest BCUT2D eigenvalue weighted by Gasteiger charge is 2.28. The van der Waals surface area contributed by atoms with Crippen molar-refractivity contribution in [1.29, 1.82) is 0 Å². The van der Waals surface area contributed by atoms with Crippen LogP contribution in [0, 0.1) is 19.8 Å². The van der Waals surface area contributed by atoms with Gasteiger partial charge in [0.1, 0.15) is 0 Å². The molecular formula is C13H20N2O2S. The summed E-state index contributed by atoms with van der Waals surface area (Å²) in [5.74, 6) is 0.325. The Labute approximate surface area is 109 Å². The molecule has 2 N–H and O–H groups in total. The lowest BCUT2D eigenvalue weighted by molar-refractivity contribution is 0.502. The maximum Gasteiger partial charge on any atom is 0.240 e. The van der Waals surface area contributed by atoms with Crippen LogP contribution in [0.2, 0.25) is 0 Å². The van der Waals surface area contributed by atoms with Crippen LogP contribution >= 0.6 is 0 Å². The monoisotopic (exact) mass is 268 g/mol. The third-order valence-corrected chi connectivity index (χ3v) is 5.10. The molecule has 2 unspecified atom stereocenters. The molecule has 0 amide bonds. The van der Waals surface area contributed by atoms with Crippen LogP contribution in [-0.4, -0.2) is 27.5 Å². The fourth-order valence-electron chi connectivity index (χ4n) is 2.12. The summed E-state index contributed by atoms with van der Waals surface area (Å²) in [6.07, 6.45) is 0. The van der Waals surface area contributed by atoms with E-state index in [-0.39, 0.29) is 6.04 Å². The van der Waals surface area contributed by atoms with Gasteiger partial charge < -0.3 is 5.32 Å². The molecule has 0 radical (unpaired) electrons. The second-order valence-electron chi connectivity index (χ2n) is 5.11. The second-order valence-corrected chi connectivity index (χ2v) is 6.82. The van der Waals surface area contributed by atoms with Crippen LogP contribution in [-0.2, 0) is 10.0 Å². The minimum atomic E-state index is -3.41. The molecule has 0 saturated carbocycles. The van der Waals surface area contributed by atoms with Gasteiger partial charge in [0.15, 0.2) is 0 Å². The van der Waals surface area contributed by atoms with E-state index < -0.39 is 10.0 Å². The SMILES string of the molecule is Cc1ccc(S(=O)(=O)NC2CNCC2C)cc1C. The van der Waals surface area contributed by atoms with Crippen LogP contribution in [0.15, 0.2) is 23.1 Å². The molecule has 1 saturated heterocycles. The van der Waals surface area contributed by atoms with Gasteiger partial charge in [0, 0.05) is 12.6 Å². The van der Waals surface area contributed by atoms with E-state index in [1.54, 1.807) is 12.1 Å². The summed E-state index contributed by atoms with van der Waals surface area (Å²) in [6, 6.07) is 5.22. The van der Waals surface area contributed by atoms with Gasteiger partial charge in [-0.3, -0.25) is 0 Å². The fraction of sp³-hybridized carbons (Fsp3) is 0.538. The molecule has 1 aromatic rings. The summed E-state index contributed by atoms with van der Waals surface area (Å²) in [6.45, 7) is 7.51. The second kappa shape index (κ2) is 4.99. The van der Waals surface area contributed by atoms with Gasteiger partial charge in [0.25, 0.3) is 0 Å². The number of sulfonamides is 1. The highest BCUT2D eigenvalue weighted by molar-refractivity contribution is 7.89. The predicted molar refractivity (Wildman–Crippen MR) is 72.1 cm³/mol. The predicted octanol–water partition coefficient (Wildman–Crippen LogP) is 1.19. The van der Waals surface area contributed by atoms with Crippen molar-refractivity contribution in [2.75, 3.05) is 13.1 Å². The van der Waals surface area contributed by atoms with Crippen molar-refractivity contribution >= 4 is 10.0 Å². The molecule has 100 valence electrons. The van der Waals surface area contributed by atoms with E-state index in [1.807, 2.05) is 26.8 Å². The highest BCUT2D eigenvalue weighted by atomic mass is 32.2. The van der Waals surface area contributed by atoms with Crippen LogP contribution in [0.4, 0.5) is 0 Å². The van der Waals surface area contributed by atoms with Crippen molar-refractivity contribution in [2.24, 2.45) is 5.92 Å². The molecule has 0 spiro atoms. The third kappa shape index (κ3) is 2.74. The summed E-state index contributed by atoms with van der Waals surface area (Å²) in [5, 5.41) is 3.19. The van der Waals surface area contributed by atoms with Gasteiger partial charge in [-0.2, -0.15) is 0 Å². The van der Waals surface area contributed by atoms with Crippen molar-refractivity contribution in [3.05, 3.63) is 29.3 Å². The minimum absolute atomic E-state index is 0.0170. The molecule has 2 atom stereocenters. The molecule has 5 heteroatoms.